The van der Waals surface area contributed by atoms with Crippen molar-refractivity contribution in [2.45, 2.75) is 24.1 Å². The lowest BCUT2D eigenvalue weighted by Crippen LogP contribution is -2.40. The average molecular weight is 506 g/mol. The van der Waals surface area contributed by atoms with Gasteiger partial charge in [0.2, 0.25) is 0 Å². The second-order valence-electron chi connectivity index (χ2n) is 8.07. The average Bonchev–Trinajstić information content (AvgIpc) is 2.81. The molecule has 10 heteroatoms. The number of nitrogens with two attached hydrogens (primary N) is 2. The molecule has 0 radical (unpaired) electrons. The molecule has 1 aliphatic carbocycles. The lowest BCUT2D eigenvalue weighted by molar-refractivity contribution is -0.137. The van der Waals surface area contributed by atoms with E-state index in [0.717, 1.165) is 17.7 Å². The second kappa shape index (κ2) is 9.18. The molecule has 3 aromatic carbocycles. The Balaban J connectivity index is 1.73. The molecule has 0 aromatic heterocycles. The van der Waals surface area contributed by atoms with Crippen LogP contribution in [0.1, 0.15) is 22.6 Å². The molecule has 0 atom stereocenters. The molecular formula is C26H20F6N2O2. The van der Waals surface area contributed by atoms with Gasteiger partial charge in [-0.25, -0.2) is 0 Å². The molecule has 0 unspecified atom stereocenters. The predicted octanol–water partition coefficient (Wildman–Crippen LogP) is 6.95. The summed E-state index contributed by atoms with van der Waals surface area (Å²) < 4.78 is 91.8. The Bertz CT molecular complexity index is 1220. The molecule has 0 aliphatic heterocycles. The first-order valence-corrected chi connectivity index (χ1v) is 10.6. The molecule has 4 N–H and O–H groups in total. The SMILES string of the molecule is Nc1ccc(OC2(Oc3ccc(N)c(C(F)(F)F)c3)C=CC(c3ccccc3)C=C2)cc1C(F)(F)F. The van der Waals surface area contributed by atoms with Crippen LogP contribution < -0.4 is 20.9 Å². The minimum absolute atomic E-state index is 0.221. The summed E-state index contributed by atoms with van der Waals surface area (Å²) in [5, 5.41) is 0. The standard InChI is InChI=1S/C26H20F6N2O2/c27-25(28,29)20-14-18(6-8-22(20)33)35-24(12-10-17(11-13-24)16-4-2-1-3-5-16)36-19-7-9-23(34)21(15-19)26(30,31)32/h1-15,17H,33-34H2. The fourth-order valence-corrected chi connectivity index (χ4v) is 3.71. The Morgan fingerprint density at radius 1 is 0.639 bits per heavy atom. The van der Waals surface area contributed by atoms with Crippen molar-refractivity contribution in [2.75, 3.05) is 11.5 Å². The topological polar surface area (TPSA) is 70.5 Å². The summed E-state index contributed by atoms with van der Waals surface area (Å²) in [4.78, 5) is 0. The van der Waals surface area contributed by atoms with Gasteiger partial charge in [0.1, 0.15) is 11.5 Å². The van der Waals surface area contributed by atoms with Crippen LogP contribution in [-0.4, -0.2) is 5.79 Å². The lowest BCUT2D eigenvalue weighted by Gasteiger charge is -2.33. The van der Waals surface area contributed by atoms with Gasteiger partial charge >= 0.3 is 12.4 Å². The fraction of sp³-hybridized carbons (Fsp3) is 0.154. The molecule has 0 fully saturated rings. The van der Waals surface area contributed by atoms with Crippen molar-refractivity contribution in [3.8, 4) is 11.5 Å². The Morgan fingerprint density at radius 2 is 1.08 bits per heavy atom. The highest BCUT2D eigenvalue weighted by molar-refractivity contribution is 5.53. The van der Waals surface area contributed by atoms with Gasteiger partial charge < -0.3 is 20.9 Å². The van der Waals surface area contributed by atoms with E-state index in [-0.39, 0.29) is 17.4 Å². The maximum absolute atomic E-state index is 13.4. The molecular weight excluding hydrogens is 486 g/mol. The predicted molar refractivity (Wildman–Crippen MR) is 123 cm³/mol. The number of ether oxygens (including phenoxy) is 2. The highest BCUT2D eigenvalue weighted by Gasteiger charge is 2.38. The van der Waals surface area contributed by atoms with Gasteiger partial charge in [0.15, 0.2) is 0 Å². The van der Waals surface area contributed by atoms with E-state index in [1.165, 1.54) is 24.3 Å². The van der Waals surface area contributed by atoms with Crippen molar-refractivity contribution in [1.29, 1.82) is 0 Å². The lowest BCUT2D eigenvalue weighted by atomic mass is 9.92. The third-order valence-corrected chi connectivity index (χ3v) is 5.47. The van der Waals surface area contributed by atoms with Crippen LogP contribution in [0.15, 0.2) is 91.0 Å². The third kappa shape index (κ3) is 5.42. The number of allylic oxidation sites excluding steroid dienone is 2. The van der Waals surface area contributed by atoms with Crippen molar-refractivity contribution in [2.24, 2.45) is 0 Å². The molecule has 3 aromatic rings. The maximum atomic E-state index is 13.4. The molecule has 4 rings (SSSR count). The van der Waals surface area contributed by atoms with Crippen molar-refractivity contribution in [1.82, 2.24) is 0 Å². The van der Waals surface area contributed by atoms with Crippen LogP contribution in [0, 0.1) is 0 Å². The first kappa shape index (κ1) is 25.0. The minimum Gasteiger partial charge on any atom is -0.445 e. The zero-order valence-electron chi connectivity index (χ0n) is 18.5. The molecule has 4 nitrogen and oxygen atoms in total. The summed E-state index contributed by atoms with van der Waals surface area (Å²) in [6, 6.07) is 15.2. The van der Waals surface area contributed by atoms with Gasteiger partial charge in [-0.3, -0.25) is 0 Å². The number of hydrogen-bond donors (Lipinski definition) is 2. The van der Waals surface area contributed by atoms with Crippen LogP contribution in [0.25, 0.3) is 0 Å². The minimum atomic E-state index is -4.74. The number of rotatable bonds is 5. The van der Waals surface area contributed by atoms with Gasteiger partial charge in [0.05, 0.1) is 11.1 Å². The van der Waals surface area contributed by atoms with Crippen molar-refractivity contribution in [3.05, 3.63) is 108 Å². The van der Waals surface area contributed by atoms with Crippen LogP contribution in [-0.2, 0) is 12.4 Å². The van der Waals surface area contributed by atoms with Gasteiger partial charge in [-0.2, -0.15) is 26.3 Å². The Kier molecular flexibility index (Phi) is 6.38. The normalized spacial score (nSPS) is 15.6. The van der Waals surface area contributed by atoms with Crippen LogP contribution in [0.2, 0.25) is 0 Å². The van der Waals surface area contributed by atoms with Gasteiger partial charge in [-0.1, -0.05) is 42.5 Å². The summed E-state index contributed by atoms with van der Waals surface area (Å²) >= 11 is 0. The molecule has 0 saturated carbocycles. The first-order chi connectivity index (χ1) is 16.9. The number of alkyl halides is 6. The van der Waals surface area contributed by atoms with Crippen molar-refractivity contribution < 1.29 is 35.8 Å². The molecule has 0 heterocycles. The first-order valence-electron chi connectivity index (χ1n) is 10.6. The highest BCUT2D eigenvalue weighted by Crippen LogP contribution is 2.40. The van der Waals surface area contributed by atoms with E-state index in [2.05, 4.69) is 0 Å². The zero-order valence-corrected chi connectivity index (χ0v) is 18.5. The number of nitrogen functional groups attached to an aromatic ring is 2. The second-order valence-corrected chi connectivity index (χ2v) is 8.07. The van der Waals surface area contributed by atoms with E-state index in [1.807, 2.05) is 30.3 Å². The van der Waals surface area contributed by atoms with E-state index >= 15 is 0 Å². The largest absolute Gasteiger partial charge is 0.445 e. The summed E-state index contributed by atoms with van der Waals surface area (Å²) in [7, 11) is 0. The summed E-state index contributed by atoms with van der Waals surface area (Å²) in [5.41, 5.74) is 8.61. The Labute approximate surface area is 202 Å². The van der Waals surface area contributed by atoms with Crippen molar-refractivity contribution >= 4 is 11.4 Å². The summed E-state index contributed by atoms with van der Waals surface area (Å²) in [5.74, 6) is -2.59. The molecule has 0 spiro atoms. The summed E-state index contributed by atoms with van der Waals surface area (Å²) in [6.07, 6.45) is -3.27. The van der Waals surface area contributed by atoms with Crippen LogP contribution in [0.5, 0.6) is 11.5 Å². The van der Waals surface area contributed by atoms with Crippen molar-refractivity contribution in [3.63, 3.8) is 0 Å². The molecule has 0 amide bonds. The number of hydrogen-bond acceptors (Lipinski definition) is 4. The monoisotopic (exact) mass is 506 g/mol. The van der Waals surface area contributed by atoms with Crippen LogP contribution in [0.4, 0.5) is 37.7 Å². The number of anilines is 2. The summed E-state index contributed by atoms with van der Waals surface area (Å²) in [6.45, 7) is 0. The molecule has 0 bridgehead atoms. The number of halogens is 6. The number of benzene rings is 3. The van der Waals surface area contributed by atoms with E-state index in [4.69, 9.17) is 20.9 Å². The quantitative estimate of drug-likeness (QED) is 0.170. The Morgan fingerprint density at radius 3 is 1.50 bits per heavy atom. The van der Waals surface area contributed by atoms with E-state index in [1.54, 1.807) is 12.2 Å². The van der Waals surface area contributed by atoms with Crippen LogP contribution >= 0.6 is 0 Å². The Hall–Kier alpha value is -4.08. The fourth-order valence-electron chi connectivity index (χ4n) is 3.71. The smallest absolute Gasteiger partial charge is 0.418 e. The van der Waals surface area contributed by atoms with Gasteiger partial charge in [0.25, 0.3) is 5.79 Å². The zero-order chi connectivity index (χ0) is 26.1. The maximum Gasteiger partial charge on any atom is 0.418 e. The molecule has 1 aliphatic rings. The van der Waals surface area contributed by atoms with E-state index in [9.17, 15) is 26.3 Å². The third-order valence-electron chi connectivity index (χ3n) is 5.47. The molecule has 188 valence electrons. The van der Waals surface area contributed by atoms with E-state index in [0.29, 0.717) is 12.1 Å². The molecule has 0 saturated heterocycles. The van der Waals surface area contributed by atoms with Gasteiger partial charge in [-0.15, -0.1) is 0 Å². The molecule has 36 heavy (non-hydrogen) atoms. The van der Waals surface area contributed by atoms with Gasteiger partial charge in [0, 0.05) is 29.4 Å². The van der Waals surface area contributed by atoms with Gasteiger partial charge in [-0.05, 0) is 42.0 Å². The highest BCUT2D eigenvalue weighted by atomic mass is 19.4. The van der Waals surface area contributed by atoms with Crippen LogP contribution in [0.3, 0.4) is 0 Å². The van der Waals surface area contributed by atoms with E-state index < -0.39 is 40.6 Å².